The van der Waals surface area contributed by atoms with Crippen LogP contribution in [0.2, 0.25) is 0 Å². The van der Waals surface area contributed by atoms with Crippen molar-refractivity contribution in [1.29, 1.82) is 0 Å². The Morgan fingerprint density at radius 2 is 2.54 bits per heavy atom. The molecule has 1 unspecified atom stereocenters. The van der Waals surface area contributed by atoms with Crippen molar-refractivity contribution in [3.8, 4) is 0 Å². The first-order chi connectivity index (χ1) is 6.33. The highest BCUT2D eigenvalue weighted by atomic mass is 16.5. The standard InChI is InChI=1S/C9H14N2O2/c1-10-5-8-9-6(11-13-8)3-2-4-7(9)12/h7,10,12H,2-5H2,1H3. The smallest absolute Gasteiger partial charge is 0.156 e. The van der Waals surface area contributed by atoms with Gasteiger partial charge in [0, 0.05) is 5.56 Å². The molecule has 1 aromatic heterocycles. The summed E-state index contributed by atoms with van der Waals surface area (Å²) in [6.45, 7) is 0.638. The Hall–Kier alpha value is -0.870. The van der Waals surface area contributed by atoms with Crippen molar-refractivity contribution in [3.05, 3.63) is 17.0 Å². The van der Waals surface area contributed by atoms with Gasteiger partial charge in [-0.05, 0) is 26.3 Å². The van der Waals surface area contributed by atoms with E-state index < -0.39 is 0 Å². The van der Waals surface area contributed by atoms with E-state index in [1.807, 2.05) is 7.05 Å². The van der Waals surface area contributed by atoms with Crippen molar-refractivity contribution in [1.82, 2.24) is 10.5 Å². The first kappa shape index (κ1) is 8.72. The molecule has 0 aromatic carbocycles. The van der Waals surface area contributed by atoms with Gasteiger partial charge in [0.25, 0.3) is 0 Å². The Labute approximate surface area is 76.9 Å². The number of aliphatic hydroxyl groups excluding tert-OH is 1. The minimum Gasteiger partial charge on any atom is -0.388 e. The first-order valence-electron chi connectivity index (χ1n) is 4.63. The number of hydrogen-bond donors (Lipinski definition) is 2. The maximum absolute atomic E-state index is 9.73. The molecular weight excluding hydrogens is 168 g/mol. The number of fused-ring (bicyclic) bond motifs is 1. The van der Waals surface area contributed by atoms with Crippen molar-refractivity contribution in [2.45, 2.75) is 31.9 Å². The topological polar surface area (TPSA) is 58.3 Å². The van der Waals surface area contributed by atoms with Gasteiger partial charge in [-0.3, -0.25) is 0 Å². The number of hydrogen-bond acceptors (Lipinski definition) is 4. The Balaban J connectivity index is 2.32. The quantitative estimate of drug-likeness (QED) is 0.709. The van der Waals surface area contributed by atoms with E-state index in [1.165, 1.54) is 0 Å². The lowest BCUT2D eigenvalue weighted by atomic mass is 9.93. The Morgan fingerprint density at radius 1 is 1.69 bits per heavy atom. The molecule has 1 aliphatic rings. The van der Waals surface area contributed by atoms with E-state index in [0.717, 1.165) is 36.3 Å². The Morgan fingerprint density at radius 3 is 3.31 bits per heavy atom. The minimum atomic E-state index is -0.377. The van der Waals surface area contributed by atoms with Crippen molar-refractivity contribution in [2.75, 3.05) is 7.05 Å². The van der Waals surface area contributed by atoms with Gasteiger partial charge < -0.3 is 14.9 Å². The van der Waals surface area contributed by atoms with Gasteiger partial charge in [-0.1, -0.05) is 5.16 Å². The van der Waals surface area contributed by atoms with Crippen LogP contribution in [0.4, 0.5) is 0 Å². The van der Waals surface area contributed by atoms with Crippen LogP contribution in [0.5, 0.6) is 0 Å². The van der Waals surface area contributed by atoms with E-state index in [9.17, 15) is 5.11 Å². The molecule has 1 aliphatic carbocycles. The molecule has 4 heteroatoms. The van der Waals surface area contributed by atoms with Crippen molar-refractivity contribution in [2.24, 2.45) is 0 Å². The highest BCUT2D eigenvalue weighted by Crippen LogP contribution is 2.31. The molecule has 0 saturated carbocycles. The third-order valence-electron chi connectivity index (χ3n) is 2.44. The van der Waals surface area contributed by atoms with Gasteiger partial charge in [-0.15, -0.1) is 0 Å². The van der Waals surface area contributed by atoms with Gasteiger partial charge in [-0.2, -0.15) is 0 Å². The van der Waals surface area contributed by atoms with Crippen molar-refractivity contribution >= 4 is 0 Å². The molecular formula is C9H14N2O2. The van der Waals surface area contributed by atoms with Crippen LogP contribution in [0.1, 0.15) is 36.0 Å². The summed E-state index contributed by atoms with van der Waals surface area (Å²) in [6.07, 6.45) is 2.38. The van der Waals surface area contributed by atoms with Gasteiger partial charge >= 0.3 is 0 Å². The molecule has 0 amide bonds. The number of nitrogens with one attached hydrogen (secondary N) is 1. The van der Waals surface area contributed by atoms with Crippen LogP contribution in [0.25, 0.3) is 0 Å². The molecule has 2 rings (SSSR count). The van der Waals surface area contributed by atoms with E-state index in [1.54, 1.807) is 0 Å². The Kier molecular flexibility index (Phi) is 2.33. The molecule has 1 heterocycles. The zero-order chi connectivity index (χ0) is 9.26. The average molecular weight is 182 g/mol. The zero-order valence-electron chi connectivity index (χ0n) is 7.71. The highest BCUT2D eigenvalue weighted by Gasteiger charge is 2.25. The van der Waals surface area contributed by atoms with Crippen LogP contribution in [0, 0.1) is 0 Å². The predicted octanol–water partition coefficient (Wildman–Crippen LogP) is 0.764. The third-order valence-corrected chi connectivity index (χ3v) is 2.44. The second kappa shape index (κ2) is 3.47. The Bertz CT molecular complexity index is 296. The molecule has 2 N–H and O–H groups in total. The van der Waals surface area contributed by atoms with Gasteiger partial charge in [0.05, 0.1) is 18.3 Å². The number of aryl methyl sites for hydroxylation is 1. The highest BCUT2D eigenvalue weighted by molar-refractivity contribution is 5.27. The number of aromatic nitrogens is 1. The van der Waals surface area contributed by atoms with Crippen LogP contribution < -0.4 is 5.32 Å². The molecule has 1 atom stereocenters. The lowest BCUT2D eigenvalue weighted by Gasteiger charge is -2.16. The number of aliphatic hydroxyl groups is 1. The molecule has 0 spiro atoms. The maximum atomic E-state index is 9.73. The lowest BCUT2D eigenvalue weighted by molar-refractivity contribution is 0.154. The number of rotatable bonds is 2. The van der Waals surface area contributed by atoms with E-state index in [4.69, 9.17) is 4.52 Å². The fourth-order valence-corrected chi connectivity index (χ4v) is 1.82. The molecule has 0 saturated heterocycles. The van der Waals surface area contributed by atoms with Crippen LogP contribution in [0.3, 0.4) is 0 Å². The van der Waals surface area contributed by atoms with Crippen LogP contribution in [0.15, 0.2) is 4.52 Å². The summed E-state index contributed by atoms with van der Waals surface area (Å²) in [4.78, 5) is 0. The second-order valence-corrected chi connectivity index (χ2v) is 3.40. The molecule has 0 fully saturated rings. The van der Waals surface area contributed by atoms with E-state index in [2.05, 4.69) is 10.5 Å². The number of nitrogens with zero attached hydrogens (tertiary/aromatic N) is 1. The molecule has 1 aromatic rings. The third kappa shape index (κ3) is 1.47. The minimum absolute atomic E-state index is 0.377. The maximum Gasteiger partial charge on any atom is 0.156 e. The molecule has 0 bridgehead atoms. The zero-order valence-corrected chi connectivity index (χ0v) is 7.71. The molecule has 0 radical (unpaired) electrons. The van der Waals surface area contributed by atoms with Crippen LogP contribution >= 0.6 is 0 Å². The van der Waals surface area contributed by atoms with E-state index >= 15 is 0 Å². The summed E-state index contributed by atoms with van der Waals surface area (Å²) in [7, 11) is 1.85. The van der Waals surface area contributed by atoms with E-state index in [0.29, 0.717) is 6.54 Å². The monoisotopic (exact) mass is 182 g/mol. The summed E-state index contributed by atoms with van der Waals surface area (Å²) >= 11 is 0. The fraction of sp³-hybridized carbons (Fsp3) is 0.667. The summed E-state index contributed by atoms with van der Waals surface area (Å²) < 4.78 is 5.16. The SMILES string of the molecule is CNCc1onc2c1C(O)CCC2. The van der Waals surface area contributed by atoms with E-state index in [-0.39, 0.29) is 6.10 Å². The largest absolute Gasteiger partial charge is 0.388 e. The fourth-order valence-electron chi connectivity index (χ4n) is 1.82. The molecule has 13 heavy (non-hydrogen) atoms. The van der Waals surface area contributed by atoms with Crippen LogP contribution in [-0.2, 0) is 13.0 Å². The molecule has 0 aliphatic heterocycles. The predicted molar refractivity (Wildman–Crippen MR) is 47.2 cm³/mol. The lowest BCUT2D eigenvalue weighted by Crippen LogP contribution is -2.12. The van der Waals surface area contributed by atoms with Gasteiger partial charge in [0.2, 0.25) is 0 Å². The molecule has 4 nitrogen and oxygen atoms in total. The summed E-state index contributed by atoms with van der Waals surface area (Å²) in [5.41, 5.74) is 1.85. The molecule has 72 valence electrons. The normalized spacial score (nSPS) is 21.5. The van der Waals surface area contributed by atoms with Crippen LogP contribution in [-0.4, -0.2) is 17.3 Å². The van der Waals surface area contributed by atoms with Gasteiger partial charge in [0.15, 0.2) is 5.76 Å². The summed E-state index contributed by atoms with van der Waals surface area (Å²) in [5.74, 6) is 0.782. The summed E-state index contributed by atoms with van der Waals surface area (Å²) in [5, 5.41) is 16.7. The van der Waals surface area contributed by atoms with Crippen molar-refractivity contribution < 1.29 is 9.63 Å². The van der Waals surface area contributed by atoms with Crippen molar-refractivity contribution in [3.63, 3.8) is 0 Å². The average Bonchev–Trinajstić information content (AvgIpc) is 2.51. The summed E-state index contributed by atoms with van der Waals surface area (Å²) in [6, 6.07) is 0. The first-order valence-corrected chi connectivity index (χ1v) is 4.63. The second-order valence-electron chi connectivity index (χ2n) is 3.40. The van der Waals surface area contributed by atoms with Gasteiger partial charge in [-0.25, -0.2) is 0 Å². The van der Waals surface area contributed by atoms with Gasteiger partial charge in [0.1, 0.15) is 0 Å².